The van der Waals surface area contributed by atoms with Gasteiger partial charge in [0.1, 0.15) is 18.8 Å². The molecule has 112 valence electrons. The van der Waals surface area contributed by atoms with E-state index in [1.54, 1.807) is 36.4 Å². The Morgan fingerprint density at radius 3 is 2.73 bits per heavy atom. The number of carbonyl (C=O) groups is 2. The number of amides is 2. The molecule has 7 heteroatoms. The lowest BCUT2D eigenvalue weighted by atomic mass is 10.2. The Morgan fingerprint density at radius 1 is 1.14 bits per heavy atom. The van der Waals surface area contributed by atoms with E-state index >= 15 is 0 Å². The molecule has 1 aromatic heterocycles. The van der Waals surface area contributed by atoms with Crippen LogP contribution in [0.15, 0.2) is 52.2 Å². The number of nitrogens with zero attached hydrogens (tertiary/aromatic N) is 3. The quantitative estimate of drug-likeness (QED) is 0.815. The zero-order valence-corrected chi connectivity index (χ0v) is 12.2. The van der Waals surface area contributed by atoms with Gasteiger partial charge in [-0.25, -0.2) is 5.01 Å². The van der Waals surface area contributed by atoms with E-state index < -0.39 is 0 Å². The van der Waals surface area contributed by atoms with Gasteiger partial charge in [0.05, 0.1) is 12.5 Å². The molecule has 1 fully saturated rings. The average Bonchev–Trinajstić information content (AvgIpc) is 3.01. The van der Waals surface area contributed by atoms with E-state index in [0.29, 0.717) is 16.5 Å². The number of benzene rings is 1. The minimum absolute atomic E-state index is 0.0747. The van der Waals surface area contributed by atoms with Crippen molar-refractivity contribution in [2.75, 3.05) is 18.0 Å². The molecule has 2 heterocycles. The van der Waals surface area contributed by atoms with Crippen LogP contribution >= 0.6 is 11.6 Å². The summed E-state index contributed by atoms with van der Waals surface area (Å²) in [6.07, 6.45) is 2.91. The fraction of sp³-hybridized carbons (Fsp3) is 0.133. The van der Waals surface area contributed by atoms with Gasteiger partial charge in [0.2, 0.25) is 5.91 Å². The summed E-state index contributed by atoms with van der Waals surface area (Å²) in [7, 11) is 0. The third-order valence-corrected chi connectivity index (χ3v) is 3.39. The molecule has 6 nitrogen and oxygen atoms in total. The first-order chi connectivity index (χ1) is 10.6. The number of hydrogen-bond donors (Lipinski definition) is 0. The van der Waals surface area contributed by atoms with Crippen molar-refractivity contribution in [3.8, 4) is 0 Å². The van der Waals surface area contributed by atoms with Gasteiger partial charge < -0.3 is 9.32 Å². The Morgan fingerprint density at radius 2 is 2.00 bits per heavy atom. The summed E-state index contributed by atoms with van der Waals surface area (Å²) in [6.45, 7) is -0.197. The predicted molar refractivity (Wildman–Crippen MR) is 81.8 cm³/mol. The van der Waals surface area contributed by atoms with E-state index in [-0.39, 0.29) is 24.9 Å². The maximum atomic E-state index is 12.2. The first kappa shape index (κ1) is 14.3. The molecule has 0 N–H and O–H groups in total. The number of hydrogen-bond acceptors (Lipinski definition) is 4. The van der Waals surface area contributed by atoms with Gasteiger partial charge in [0, 0.05) is 10.7 Å². The molecule has 1 aliphatic heterocycles. The van der Waals surface area contributed by atoms with Crippen LogP contribution < -0.4 is 4.90 Å². The fourth-order valence-corrected chi connectivity index (χ4v) is 2.27. The van der Waals surface area contributed by atoms with Crippen molar-refractivity contribution in [2.45, 2.75) is 0 Å². The largest absolute Gasteiger partial charge is 0.463 e. The maximum absolute atomic E-state index is 12.2. The van der Waals surface area contributed by atoms with Crippen LogP contribution in [0.3, 0.4) is 0 Å². The second kappa shape index (κ2) is 6.03. The van der Waals surface area contributed by atoms with Gasteiger partial charge in [-0.2, -0.15) is 5.10 Å². The summed E-state index contributed by atoms with van der Waals surface area (Å²) >= 11 is 5.92. The van der Waals surface area contributed by atoms with Crippen LogP contribution in [0.5, 0.6) is 0 Å². The monoisotopic (exact) mass is 317 g/mol. The molecule has 0 unspecified atom stereocenters. The summed E-state index contributed by atoms with van der Waals surface area (Å²) < 4.78 is 5.09. The molecular weight excluding hydrogens is 306 g/mol. The van der Waals surface area contributed by atoms with Crippen molar-refractivity contribution >= 4 is 35.3 Å². The lowest BCUT2D eigenvalue weighted by Gasteiger charge is -2.31. The van der Waals surface area contributed by atoms with Crippen LogP contribution in [-0.2, 0) is 9.59 Å². The van der Waals surface area contributed by atoms with Crippen molar-refractivity contribution in [3.05, 3.63) is 53.4 Å². The van der Waals surface area contributed by atoms with Gasteiger partial charge in [-0.1, -0.05) is 17.7 Å². The first-order valence-corrected chi connectivity index (χ1v) is 6.95. The van der Waals surface area contributed by atoms with Gasteiger partial charge in [-0.15, -0.1) is 0 Å². The molecule has 2 amide bonds. The highest BCUT2D eigenvalue weighted by Gasteiger charge is 2.30. The Kier molecular flexibility index (Phi) is 3.93. The zero-order chi connectivity index (χ0) is 15.5. The molecule has 0 spiro atoms. The molecule has 1 saturated heterocycles. The van der Waals surface area contributed by atoms with Crippen LogP contribution in [0.25, 0.3) is 0 Å². The number of rotatable bonds is 3. The molecule has 0 saturated carbocycles. The fourth-order valence-electron chi connectivity index (χ4n) is 2.08. The molecule has 0 bridgehead atoms. The second-order valence-corrected chi connectivity index (χ2v) is 5.11. The van der Waals surface area contributed by atoms with E-state index in [0.717, 1.165) is 5.01 Å². The van der Waals surface area contributed by atoms with E-state index in [9.17, 15) is 9.59 Å². The summed E-state index contributed by atoms with van der Waals surface area (Å²) in [5.41, 5.74) is 0.598. The lowest BCUT2D eigenvalue weighted by molar-refractivity contribution is -0.138. The summed E-state index contributed by atoms with van der Waals surface area (Å²) in [5, 5.41) is 5.64. The van der Waals surface area contributed by atoms with Crippen LogP contribution in [0.2, 0.25) is 5.02 Å². The van der Waals surface area contributed by atoms with Gasteiger partial charge >= 0.3 is 0 Å². The van der Waals surface area contributed by atoms with E-state index in [2.05, 4.69) is 5.10 Å². The van der Waals surface area contributed by atoms with E-state index in [1.165, 1.54) is 17.4 Å². The third-order valence-electron chi connectivity index (χ3n) is 3.15. The third kappa shape index (κ3) is 3.01. The van der Waals surface area contributed by atoms with Crippen molar-refractivity contribution in [1.29, 1.82) is 0 Å². The lowest BCUT2D eigenvalue weighted by Crippen LogP contribution is -2.52. The molecule has 0 radical (unpaired) electrons. The number of anilines is 1. The number of halogens is 1. The smallest absolute Gasteiger partial charge is 0.263 e. The van der Waals surface area contributed by atoms with Crippen molar-refractivity contribution in [3.63, 3.8) is 0 Å². The predicted octanol–water partition coefficient (Wildman–Crippen LogP) is 2.14. The van der Waals surface area contributed by atoms with Crippen molar-refractivity contribution in [2.24, 2.45) is 5.10 Å². The second-order valence-electron chi connectivity index (χ2n) is 4.67. The Balaban J connectivity index is 1.74. The Labute approximate surface area is 131 Å². The maximum Gasteiger partial charge on any atom is 0.263 e. The number of hydrazone groups is 1. The van der Waals surface area contributed by atoms with E-state index in [4.69, 9.17) is 16.0 Å². The number of carbonyl (C=O) groups excluding carboxylic acids is 2. The average molecular weight is 318 g/mol. The minimum atomic E-state index is -0.276. The van der Waals surface area contributed by atoms with Gasteiger partial charge in [-0.3, -0.25) is 9.59 Å². The SMILES string of the molecule is O=C1CN(c2cccc(Cl)c2)C(=O)CN1/N=C\c1ccco1. The van der Waals surface area contributed by atoms with Crippen molar-refractivity contribution in [1.82, 2.24) is 5.01 Å². The molecule has 1 aliphatic rings. The summed E-state index contributed by atoms with van der Waals surface area (Å²) in [4.78, 5) is 25.7. The summed E-state index contributed by atoms with van der Waals surface area (Å²) in [5.74, 6) is 0.0124. The number of piperazine rings is 1. The molecule has 1 aromatic carbocycles. The molecular formula is C15H12ClN3O3. The van der Waals surface area contributed by atoms with Crippen LogP contribution in [0.4, 0.5) is 5.69 Å². The van der Waals surface area contributed by atoms with E-state index in [1.807, 2.05) is 0 Å². The van der Waals surface area contributed by atoms with Gasteiger partial charge in [0.15, 0.2) is 0 Å². The van der Waals surface area contributed by atoms with Crippen LogP contribution in [0, 0.1) is 0 Å². The standard InChI is InChI=1S/C15H12ClN3O3/c16-11-3-1-4-12(7-11)18-9-15(21)19(10-14(18)20)17-8-13-5-2-6-22-13/h1-8H,9-10H2/b17-8-. The summed E-state index contributed by atoms with van der Waals surface area (Å²) in [6, 6.07) is 10.2. The van der Waals surface area contributed by atoms with Gasteiger partial charge in [0.25, 0.3) is 5.91 Å². The first-order valence-electron chi connectivity index (χ1n) is 6.57. The normalized spacial score (nSPS) is 15.9. The highest BCUT2D eigenvalue weighted by atomic mass is 35.5. The zero-order valence-electron chi connectivity index (χ0n) is 11.5. The highest BCUT2D eigenvalue weighted by molar-refractivity contribution is 6.31. The molecule has 0 atom stereocenters. The molecule has 3 rings (SSSR count). The topological polar surface area (TPSA) is 66.1 Å². The van der Waals surface area contributed by atoms with Crippen LogP contribution in [0.1, 0.15) is 5.76 Å². The molecule has 2 aromatic rings. The van der Waals surface area contributed by atoms with Crippen molar-refractivity contribution < 1.29 is 14.0 Å². The van der Waals surface area contributed by atoms with Crippen LogP contribution in [-0.4, -0.2) is 36.1 Å². The minimum Gasteiger partial charge on any atom is -0.463 e. The highest BCUT2D eigenvalue weighted by Crippen LogP contribution is 2.21. The Bertz CT molecular complexity index is 727. The molecule has 22 heavy (non-hydrogen) atoms. The molecule has 0 aliphatic carbocycles. The number of furan rings is 1. The van der Waals surface area contributed by atoms with Gasteiger partial charge in [-0.05, 0) is 30.3 Å². The Hall–Kier alpha value is -2.60.